The van der Waals surface area contributed by atoms with Crippen molar-refractivity contribution in [3.05, 3.63) is 48.3 Å². The molecule has 0 N–H and O–H groups in total. The molecule has 1 aromatic heterocycles. The number of hydrogen-bond donors (Lipinski definition) is 0. The number of rotatable bonds is 3. The highest BCUT2D eigenvalue weighted by atomic mass is 16.5. The molecule has 3 heterocycles. The quantitative estimate of drug-likeness (QED) is 0.834. The SMILES string of the molecule is O=C(c1ccc(-n2cccn2)cc1)N1CCN(C(=O)C2CCCO2)CC1. The first-order chi connectivity index (χ1) is 12.7. The molecule has 0 spiro atoms. The van der Waals surface area contributed by atoms with Gasteiger partial charge in [0.15, 0.2) is 0 Å². The summed E-state index contributed by atoms with van der Waals surface area (Å²) in [5, 5.41) is 4.18. The van der Waals surface area contributed by atoms with E-state index in [9.17, 15) is 9.59 Å². The third kappa shape index (κ3) is 3.35. The first kappa shape index (κ1) is 16.8. The summed E-state index contributed by atoms with van der Waals surface area (Å²) in [5.74, 6) is 0.0689. The largest absolute Gasteiger partial charge is 0.368 e. The van der Waals surface area contributed by atoms with Gasteiger partial charge in [-0.05, 0) is 43.2 Å². The number of amides is 2. The maximum atomic E-state index is 12.7. The van der Waals surface area contributed by atoms with Crippen LogP contribution in [-0.4, -0.2) is 70.3 Å². The molecule has 26 heavy (non-hydrogen) atoms. The first-order valence-electron chi connectivity index (χ1n) is 9.02. The number of ether oxygens (including phenoxy) is 1. The van der Waals surface area contributed by atoms with Crippen LogP contribution in [0.5, 0.6) is 0 Å². The molecule has 136 valence electrons. The molecule has 7 heteroatoms. The van der Waals surface area contributed by atoms with Gasteiger partial charge in [-0.3, -0.25) is 9.59 Å². The minimum atomic E-state index is -0.285. The van der Waals surface area contributed by atoms with E-state index in [0.717, 1.165) is 18.5 Å². The van der Waals surface area contributed by atoms with Gasteiger partial charge in [0.2, 0.25) is 0 Å². The minimum Gasteiger partial charge on any atom is -0.368 e. The zero-order chi connectivity index (χ0) is 17.9. The first-order valence-corrected chi connectivity index (χ1v) is 9.02. The lowest BCUT2D eigenvalue weighted by Crippen LogP contribution is -2.52. The molecule has 0 aliphatic carbocycles. The van der Waals surface area contributed by atoms with E-state index < -0.39 is 0 Å². The maximum absolute atomic E-state index is 12.7. The molecule has 0 radical (unpaired) electrons. The second kappa shape index (κ2) is 7.29. The standard InChI is InChI=1S/C19H22N4O3/c24-18(15-4-6-16(7-5-15)23-9-2-8-20-23)21-10-12-22(13-11-21)19(25)17-3-1-14-26-17/h2,4-9,17H,1,3,10-14H2. The summed E-state index contributed by atoms with van der Waals surface area (Å²) in [6, 6.07) is 9.28. The Kier molecular flexibility index (Phi) is 4.71. The average molecular weight is 354 g/mol. The van der Waals surface area contributed by atoms with E-state index in [-0.39, 0.29) is 17.9 Å². The van der Waals surface area contributed by atoms with Crippen molar-refractivity contribution in [3.8, 4) is 5.69 Å². The van der Waals surface area contributed by atoms with Gasteiger partial charge in [0.1, 0.15) is 6.10 Å². The average Bonchev–Trinajstić information content (AvgIpc) is 3.41. The lowest BCUT2D eigenvalue weighted by atomic mass is 10.1. The van der Waals surface area contributed by atoms with Gasteiger partial charge >= 0.3 is 0 Å². The normalized spacial score (nSPS) is 20.4. The Balaban J connectivity index is 1.35. The van der Waals surface area contributed by atoms with Crippen LogP contribution in [-0.2, 0) is 9.53 Å². The van der Waals surface area contributed by atoms with Gasteiger partial charge in [-0.15, -0.1) is 0 Å². The number of benzene rings is 1. The highest BCUT2D eigenvalue weighted by molar-refractivity contribution is 5.94. The van der Waals surface area contributed by atoms with Crippen molar-refractivity contribution in [1.29, 1.82) is 0 Å². The van der Waals surface area contributed by atoms with Crippen LogP contribution in [0.2, 0.25) is 0 Å². The number of piperazine rings is 1. The van der Waals surface area contributed by atoms with E-state index in [4.69, 9.17) is 4.74 Å². The van der Waals surface area contributed by atoms with Crippen molar-refractivity contribution in [2.75, 3.05) is 32.8 Å². The van der Waals surface area contributed by atoms with Crippen LogP contribution in [0.15, 0.2) is 42.7 Å². The van der Waals surface area contributed by atoms with Gasteiger partial charge in [0, 0.05) is 50.7 Å². The molecule has 1 atom stereocenters. The summed E-state index contributed by atoms with van der Waals surface area (Å²) >= 11 is 0. The fraction of sp³-hybridized carbons (Fsp3) is 0.421. The van der Waals surface area contributed by atoms with Crippen LogP contribution in [0.1, 0.15) is 23.2 Å². The Bertz CT molecular complexity index is 759. The Morgan fingerprint density at radius 3 is 2.38 bits per heavy atom. The van der Waals surface area contributed by atoms with E-state index >= 15 is 0 Å². The van der Waals surface area contributed by atoms with Gasteiger partial charge in [-0.2, -0.15) is 5.10 Å². The Morgan fingerprint density at radius 1 is 1.04 bits per heavy atom. The van der Waals surface area contributed by atoms with Crippen molar-refractivity contribution < 1.29 is 14.3 Å². The monoisotopic (exact) mass is 354 g/mol. The van der Waals surface area contributed by atoms with Crippen molar-refractivity contribution >= 4 is 11.8 Å². The Hall–Kier alpha value is -2.67. The summed E-state index contributed by atoms with van der Waals surface area (Å²) in [5.41, 5.74) is 1.57. The molecule has 2 aliphatic heterocycles. The lowest BCUT2D eigenvalue weighted by molar-refractivity contribution is -0.142. The second-order valence-corrected chi connectivity index (χ2v) is 6.62. The Morgan fingerprint density at radius 2 is 1.77 bits per heavy atom. The van der Waals surface area contributed by atoms with Crippen molar-refractivity contribution in [3.63, 3.8) is 0 Å². The summed E-state index contributed by atoms with van der Waals surface area (Å²) in [6.45, 7) is 2.91. The van der Waals surface area contributed by atoms with Crippen molar-refractivity contribution in [2.45, 2.75) is 18.9 Å². The molecule has 2 aliphatic rings. The summed E-state index contributed by atoms with van der Waals surface area (Å²) in [7, 11) is 0. The molecular weight excluding hydrogens is 332 g/mol. The van der Waals surface area contributed by atoms with Crippen molar-refractivity contribution in [1.82, 2.24) is 19.6 Å². The van der Waals surface area contributed by atoms with Gasteiger partial charge < -0.3 is 14.5 Å². The zero-order valence-corrected chi connectivity index (χ0v) is 14.6. The van der Waals surface area contributed by atoms with E-state index in [1.54, 1.807) is 10.9 Å². The van der Waals surface area contributed by atoms with Crippen LogP contribution in [0.4, 0.5) is 0 Å². The molecule has 2 aromatic rings. The number of carbonyl (C=O) groups excluding carboxylic acids is 2. The molecule has 2 saturated heterocycles. The smallest absolute Gasteiger partial charge is 0.253 e. The summed E-state index contributed by atoms with van der Waals surface area (Å²) in [6.07, 6.45) is 5.05. The molecule has 2 amide bonds. The number of carbonyl (C=O) groups is 2. The van der Waals surface area contributed by atoms with E-state index in [0.29, 0.717) is 38.3 Å². The molecule has 1 unspecified atom stereocenters. The second-order valence-electron chi connectivity index (χ2n) is 6.62. The van der Waals surface area contributed by atoms with Gasteiger partial charge in [-0.1, -0.05) is 0 Å². The van der Waals surface area contributed by atoms with Gasteiger partial charge in [0.05, 0.1) is 5.69 Å². The number of aromatic nitrogens is 2. The zero-order valence-electron chi connectivity index (χ0n) is 14.6. The fourth-order valence-corrected chi connectivity index (χ4v) is 3.47. The predicted molar refractivity (Wildman–Crippen MR) is 95.0 cm³/mol. The molecular formula is C19H22N4O3. The number of hydrogen-bond acceptors (Lipinski definition) is 4. The maximum Gasteiger partial charge on any atom is 0.253 e. The van der Waals surface area contributed by atoms with Gasteiger partial charge in [0.25, 0.3) is 11.8 Å². The fourth-order valence-electron chi connectivity index (χ4n) is 3.47. The number of nitrogens with zero attached hydrogens (tertiary/aromatic N) is 4. The third-order valence-corrected chi connectivity index (χ3v) is 4.97. The Labute approximate surface area is 152 Å². The molecule has 0 bridgehead atoms. The lowest BCUT2D eigenvalue weighted by Gasteiger charge is -2.35. The molecule has 1 aromatic carbocycles. The van der Waals surface area contributed by atoms with Crippen LogP contribution >= 0.6 is 0 Å². The molecule has 7 nitrogen and oxygen atoms in total. The topological polar surface area (TPSA) is 67.7 Å². The summed E-state index contributed by atoms with van der Waals surface area (Å²) in [4.78, 5) is 28.7. The van der Waals surface area contributed by atoms with E-state index in [1.807, 2.05) is 46.3 Å². The predicted octanol–water partition coefficient (Wildman–Crippen LogP) is 1.34. The molecule has 0 saturated carbocycles. The highest BCUT2D eigenvalue weighted by Crippen LogP contribution is 2.17. The van der Waals surface area contributed by atoms with E-state index in [1.165, 1.54) is 0 Å². The minimum absolute atomic E-state index is 0.00114. The van der Waals surface area contributed by atoms with Crippen LogP contribution < -0.4 is 0 Å². The summed E-state index contributed by atoms with van der Waals surface area (Å²) < 4.78 is 7.23. The van der Waals surface area contributed by atoms with Crippen molar-refractivity contribution in [2.24, 2.45) is 0 Å². The third-order valence-electron chi connectivity index (χ3n) is 4.97. The van der Waals surface area contributed by atoms with Gasteiger partial charge in [-0.25, -0.2) is 4.68 Å². The van der Waals surface area contributed by atoms with Crippen LogP contribution in [0, 0.1) is 0 Å². The van der Waals surface area contributed by atoms with Crippen LogP contribution in [0.25, 0.3) is 5.69 Å². The van der Waals surface area contributed by atoms with Crippen LogP contribution in [0.3, 0.4) is 0 Å². The molecule has 4 rings (SSSR count). The highest BCUT2D eigenvalue weighted by Gasteiger charge is 2.31. The van der Waals surface area contributed by atoms with E-state index in [2.05, 4.69) is 5.10 Å². The molecule has 2 fully saturated rings.